The van der Waals surface area contributed by atoms with Crippen molar-refractivity contribution in [1.82, 2.24) is 4.90 Å². The zero-order chi connectivity index (χ0) is 18.4. The van der Waals surface area contributed by atoms with Gasteiger partial charge in [-0.05, 0) is 30.5 Å². The van der Waals surface area contributed by atoms with Gasteiger partial charge in [-0.1, -0.05) is 55.8 Å². The molecular weight excluding hydrogens is 312 g/mol. The minimum absolute atomic E-state index is 0.0110. The van der Waals surface area contributed by atoms with Gasteiger partial charge in [-0.2, -0.15) is 0 Å². The molecule has 2 atom stereocenters. The second kappa shape index (κ2) is 8.67. The van der Waals surface area contributed by atoms with Crippen LogP contribution in [0.2, 0.25) is 0 Å². The van der Waals surface area contributed by atoms with Crippen LogP contribution in [0.5, 0.6) is 5.75 Å². The Balaban J connectivity index is 2.17. The molecular formula is C21H28N2O2. The van der Waals surface area contributed by atoms with Crippen molar-refractivity contribution in [3.05, 3.63) is 54.1 Å². The van der Waals surface area contributed by atoms with E-state index in [1.54, 1.807) is 12.0 Å². The molecule has 1 amide bonds. The van der Waals surface area contributed by atoms with Crippen molar-refractivity contribution < 1.29 is 9.53 Å². The van der Waals surface area contributed by atoms with Gasteiger partial charge in [0.1, 0.15) is 5.75 Å². The van der Waals surface area contributed by atoms with Crippen molar-refractivity contribution >= 4 is 5.91 Å². The molecule has 0 bridgehead atoms. The summed E-state index contributed by atoms with van der Waals surface area (Å²) >= 11 is 0. The summed E-state index contributed by atoms with van der Waals surface area (Å²) in [5.74, 6) is 0.837. The molecule has 0 spiro atoms. The molecule has 0 aliphatic carbocycles. The summed E-state index contributed by atoms with van der Waals surface area (Å²) in [7, 11) is 3.49. The number of carbonyl (C=O) groups excluding carboxylic acids is 1. The monoisotopic (exact) mass is 340 g/mol. The molecule has 0 aliphatic heterocycles. The molecule has 0 aromatic heterocycles. The molecule has 2 rings (SSSR count). The van der Waals surface area contributed by atoms with E-state index in [1.807, 2.05) is 45.2 Å². The van der Waals surface area contributed by atoms with E-state index in [-0.39, 0.29) is 11.9 Å². The lowest BCUT2D eigenvalue weighted by atomic mass is 9.99. The number of carbonyl (C=O) groups is 1. The Bertz CT molecular complexity index is 697. The van der Waals surface area contributed by atoms with E-state index in [4.69, 9.17) is 10.5 Å². The van der Waals surface area contributed by atoms with Crippen LogP contribution in [-0.4, -0.2) is 31.0 Å². The number of ether oxygens (including phenoxy) is 1. The molecule has 134 valence electrons. The first-order chi connectivity index (χ1) is 12.0. The number of benzene rings is 2. The van der Waals surface area contributed by atoms with Crippen LogP contribution in [-0.2, 0) is 4.79 Å². The van der Waals surface area contributed by atoms with Crippen LogP contribution in [0.4, 0.5) is 0 Å². The van der Waals surface area contributed by atoms with Crippen LogP contribution in [0.1, 0.15) is 38.3 Å². The minimum atomic E-state index is -0.426. The van der Waals surface area contributed by atoms with Crippen molar-refractivity contribution in [3.8, 4) is 16.9 Å². The van der Waals surface area contributed by atoms with Gasteiger partial charge in [0.15, 0.2) is 0 Å². The van der Waals surface area contributed by atoms with E-state index < -0.39 is 6.04 Å². The van der Waals surface area contributed by atoms with Crippen molar-refractivity contribution in [2.75, 3.05) is 14.2 Å². The van der Waals surface area contributed by atoms with E-state index in [0.29, 0.717) is 6.42 Å². The van der Waals surface area contributed by atoms with E-state index in [1.165, 1.54) is 0 Å². The summed E-state index contributed by atoms with van der Waals surface area (Å²) in [4.78, 5) is 14.1. The van der Waals surface area contributed by atoms with Crippen LogP contribution >= 0.6 is 0 Å². The minimum Gasteiger partial charge on any atom is -0.496 e. The third kappa shape index (κ3) is 4.40. The number of para-hydroxylation sites is 1. The first-order valence-electron chi connectivity index (χ1n) is 8.75. The largest absolute Gasteiger partial charge is 0.496 e. The molecule has 2 N–H and O–H groups in total. The summed E-state index contributed by atoms with van der Waals surface area (Å²) in [5, 5.41) is 0. The standard InChI is InChI=1S/C21H28N2O2/c1-5-8-19(22)21(24)23(3)15(2)16-11-13-17(14-12-16)18-9-6-7-10-20(18)25-4/h6-7,9-15,19H,5,8,22H2,1-4H3. The molecule has 0 heterocycles. The molecule has 25 heavy (non-hydrogen) atoms. The Morgan fingerprint density at radius 3 is 2.40 bits per heavy atom. The first-order valence-corrected chi connectivity index (χ1v) is 8.75. The van der Waals surface area contributed by atoms with Gasteiger partial charge in [0, 0.05) is 12.6 Å². The van der Waals surface area contributed by atoms with Crippen molar-refractivity contribution in [2.24, 2.45) is 5.73 Å². The summed E-state index contributed by atoms with van der Waals surface area (Å²) in [6.45, 7) is 4.06. The zero-order valence-corrected chi connectivity index (χ0v) is 15.5. The topological polar surface area (TPSA) is 55.6 Å². The second-order valence-corrected chi connectivity index (χ2v) is 6.34. The molecule has 4 heteroatoms. The van der Waals surface area contributed by atoms with Crippen molar-refractivity contribution in [1.29, 1.82) is 0 Å². The Labute approximate surface area is 150 Å². The van der Waals surface area contributed by atoms with E-state index in [2.05, 4.69) is 24.3 Å². The molecule has 2 aromatic rings. The lowest BCUT2D eigenvalue weighted by Crippen LogP contribution is -2.42. The van der Waals surface area contributed by atoms with E-state index >= 15 is 0 Å². The number of hydrogen-bond donors (Lipinski definition) is 1. The Kier molecular flexibility index (Phi) is 6.59. The van der Waals surface area contributed by atoms with Gasteiger partial charge in [-0.15, -0.1) is 0 Å². The molecule has 0 radical (unpaired) electrons. The third-order valence-corrected chi connectivity index (χ3v) is 4.66. The quantitative estimate of drug-likeness (QED) is 0.828. The van der Waals surface area contributed by atoms with Gasteiger partial charge in [0.25, 0.3) is 0 Å². The number of rotatable bonds is 7. The number of amides is 1. The van der Waals surface area contributed by atoms with Crippen LogP contribution in [0, 0.1) is 0 Å². The highest BCUT2D eigenvalue weighted by Crippen LogP contribution is 2.31. The molecule has 0 fully saturated rings. The highest BCUT2D eigenvalue weighted by Gasteiger charge is 2.22. The molecule has 0 saturated heterocycles. The van der Waals surface area contributed by atoms with Gasteiger partial charge in [-0.3, -0.25) is 4.79 Å². The number of nitrogens with two attached hydrogens (primary N) is 1. The van der Waals surface area contributed by atoms with E-state index in [0.717, 1.165) is 28.9 Å². The molecule has 0 saturated carbocycles. The predicted octanol–water partition coefficient (Wildman–Crippen LogP) is 4.01. The number of nitrogens with zero attached hydrogens (tertiary/aromatic N) is 1. The maximum absolute atomic E-state index is 12.4. The lowest BCUT2D eigenvalue weighted by Gasteiger charge is -2.28. The van der Waals surface area contributed by atoms with Gasteiger partial charge in [0.2, 0.25) is 5.91 Å². The van der Waals surface area contributed by atoms with Crippen LogP contribution in [0.3, 0.4) is 0 Å². The number of likely N-dealkylation sites (N-methyl/N-ethyl adjacent to an activating group) is 1. The molecule has 4 nitrogen and oxygen atoms in total. The third-order valence-electron chi connectivity index (χ3n) is 4.66. The lowest BCUT2D eigenvalue weighted by molar-refractivity contribution is -0.133. The normalized spacial score (nSPS) is 13.2. The maximum Gasteiger partial charge on any atom is 0.239 e. The Hall–Kier alpha value is -2.33. The predicted molar refractivity (Wildman–Crippen MR) is 102 cm³/mol. The fourth-order valence-corrected chi connectivity index (χ4v) is 2.93. The Morgan fingerprint density at radius 1 is 1.16 bits per heavy atom. The van der Waals surface area contributed by atoms with E-state index in [9.17, 15) is 4.79 Å². The van der Waals surface area contributed by atoms with Gasteiger partial charge in [-0.25, -0.2) is 0 Å². The second-order valence-electron chi connectivity index (χ2n) is 6.34. The van der Waals surface area contributed by atoms with Crippen molar-refractivity contribution in [2.45, 2.75) is 38.8 Å². The average molecular weight is 340 g/mol. The van der Waals surface area contributed by atoms with Gasteiger partial charge in [0.05, 0.1) is 19.2 Å². The average Bonchev–Trinajstić information content (AvgIpc) is 2.66. The SMILES string of the molecule is CCCC(N)C(=O)N(C)C(C)c1ccc(-c2ccccc2OC)cc1. The molecule has 0 aliphatic rings. The smallest absolute Gasteiger partial charge is 0.239 e. The maximum atomic E-state index is 12.4. The number of methoxy groups -OCH3 is 1. The van der Waals surface area contributed by atoms with Crippen LogP contribution < -0.4 is 10.5 Å². The van der Waals surface area contributed by atoms with Crippen molar-refractivity contribution in [3.63, 3.8) is 0 Å². The fourth-order valence-electron chi connectivity index (χ4n) is 2.93. The van der Waals surface area contributed by atoms with Gasteiger partial charge < -0.3 is 15.4 Å². The summed E-state index contributed by atoms with van der Waals surface area (Å²) in [5.41, 5.74) is 9.20. The fraction of sp³-hybridized carbons (Fsp3) is 0.381. The van der Waals surface area contributed by atoms with Crippen LogP contribution in [0.25, 0.3) is 11.1 Å². The number of hydrogen-bond acceptors (Lipinski definition) is 3. The molecule has 2 aromatic carbocycles. The zero-order valence-electron chi connectivity index (χ0n) is 15.5. The first kappa shape index (κ1) is 19.0. The summed E-state index contributed by atoms with van der Waals surface area (Å²) in [6.07, 6.45) is 1.62. The Morgan fingerprint density at radius 2 is 1.80 bits per heavy atom. The summed E-state index contributed by atoms with van der Waals surface area (Å²) < 4.78 is 5.43. The molecule has 2 unspecified atom stereocenters. The highest BCUT2D eigenvalue weighted by atomic mass is 16.5. The van der Waals surface area contributed by atoms with Gasteiger partial charge >= 0.3 is 0 Å². The van der Waals surface area contributed by atoms with Crippen LogP contribution in [0.15, 0.2) is 48.5 Å². The highest BCUT2D eigenvalue weighted by molar-refractivity contribution is 5.81. The summed E-state index contributed by atoms with van der Waals surface area (Å²) in [6, 6.07) is 15.7.